The molecule has 0 spiro atoms. The van der Waals surface area contributed by atoms with Gasteiger partial charge in [0.25, 0.3) is 5.91 Å². The van der Waals surface area contributed by atoms with Crippen molar-refractivity contribution in [1.29, 1.82) is 0 Å². The number of likely N-dealkylation sites (tertiary alicyclic amines) is 1. The molecule has 2 aromatic heterocycles. The molecule has 1 saturated heterocycles. The van der Waals surface area contributed by atoms with Crippen molar-refractivity contribution < 1.29 is 18.7 Å². The van der Waals surface area contributed by atoms with Crippen LogP contribution in [0.4, 0.5) is 14.7 Å². The van der Waals surface area contributed by atoms with Gasteiger partial charge in [-0.25, -0.2) is 23.7 Å². The molecule has 2 fully saturated rings. The second kappa shape index (κ2) is 8.66. The van der Waals surface area contributed by atoms with E-state index < -0.39 is 11.5 Å². The topological polar surface area (TPSA) is 91.2 Å². The number of amides is 1. The lowest BCUT2D eigenvalue weighted by atomic mass is 9.91. The lowest BCUT2D eigenvalue weighted by Gasteiger charge is -2.28. The number of likely N-dealkylation sites (N-methyl/N-ethyl adjacent to an activating group) is 1. The van der Waals surface area contributed by atoms with Crippen LogP contribution >= 0.6 is 11.3 Å². The Kier molecular flexibility index (Phi) is 5.81. The van der Waals surface area contributed by atoms with Crippen molar-refractivity contribution in [2.75, 3.05) is 18.9 Å². The number of aromatic nitrogens is 3. The van der Waals surface area contributed by atoms with Crippen LogP contribution in [0.3, 0.4) is 0 Å². The third-order valence-electron chi connectivity index (χ3n) is 6.57. The first-order valence-corrected chi connectivity index (χ1v) is 12.1. The van der Waals surface area contributed by atoms with E-state index in [4.69, 9.17) is 4.98 Å². The van der Waals surface area contributed by atoms with Gasteiger partial charge in [-0.05, 0) is 30.5 Å². The smallest absolute Gasteiger partial charge is 0.258 e. The number of thiazole rings is 1. The molecule has 5 rings (SSSR count). The van der Waals surface area contributed by atoms with Gasteiger partial charge in [-0.2, -0.15) is 0 Å². The van der Waals surface area contributed by atoms with Gasteiger partial charge < -0.3 is 15.3 Å². The van der Waals surface area contributed by atoms with E-state index in [1.54, 1.807) is 25.4 Å². The highest BCUT2D eigenvalue weighted by Crippen LogP contribution is 2.36. The third kappa shape index (κ3) is 4.39. The Morgan fingerprint density at radius 2 is 1.94 bits per heavy atom. The molecule has 7 nitrogen and oxygen atoms in total. The molecule has 2 aliphatic rings. The Labute approximate surface area is 199 Å². The van der Waals surface area contributed by atoms with Crippen molar-refractivity contribution >= 4 is 23.2 Å². The predicted octanol–water partition coefficient (Wildman–Crippen LogP) is 4.31. The fourth-order valence-electron chi connectivity index (χ4n) is 4.49. The van der Waals surface area contributed by atoms with E-state index in [1.807, 2.05) is 23.6 Å². The highest BCUT2D eigenvalue weighted by Gasteiger charge is 2.45. The highest BCUT2D eigenvalue weighted by atomic mass is 32.1. The first-order valence-electron chi connectivity index (χ1n) is 11.3. The number of halogens is 2. The number of benzene rings is 1. The number of nitrogens with zero attached hydrogens (tertiary/aromatic N) is 4. The minimum atomic E-state index is -2.58. The van der Waals surface area contributed by atoms with E-state index in [9.17, 15) is 18.7 Å². The second-order valence-electron chi connectivity index (χ2n) is 9.00. The zero-order chi connectivity index (χ0) is 23.9. The summed E-state index contributed by atoms with van der Waals surface area (Å²) < 4.78 is 26.8. The molecule has 1 aromatic carbocycles. The SMILES string of the molecule is CN1CCC(O)(c2cccc(-c3nc(-c4ccnc(NC5CCC(F)(F)CC5)n4)cs3)c2)C1=O. The van der Waals surface area contributed by atoms with Crippen LogP contribution in [-0.4, -0.2) is 56.4 Å². The minimum absolute atomic E-state index is 0.0771. The Balaban J connectivity index is 1.34. The van der Waals surface area contributed by atoms with Gasteiger partial charge in [0, 0.05) is 56.0 Å². The number of carbonyl (C=O) groups excluding carboxylic acids is 1. The van der Waals surface area contributed by atoms with Gasteiger partial charge in [0.2, 0.25) is 11.9 Å². The number of aliphatic hydroxyl groups is 1. The zero-order valence-corrected chi connectivity index (χ0v) is 19.5. The molecule has 0 radical (unpaired) electrons. The second-order valence-corrected chi connectivity index (χ2v) is 9.85. The lowest BCUT2D eigenvalue weighted by Crippen LogP contribution is -2.36. The molecule has 1 unspecified atom stereocenters. The average Bonchev–Trinajstić information content (AvgIpc) is 3.43. The highest BCUT2D eigenvalue weighted by molar-refractivity contribution is 7.13. The molecule has 3 heterocycles. The van der Waals surface area contributed by atoms with Crippen molar-refractivity contribution in [1.82, 2.24) is 19.9 Å². The van der Waals surface area contributed by atoms with Crippen LogP contribution in [0.25, 0.3) is 22.0 Å². The molecule has 0 bridgehead atoms. The summed E-state index contributed by atoms with van der Waals surface area (Å²) in [6, 6.07) is 8.96. The Bertz CT molecular complexity index is 1210. The zero-order valence-electron chi connectivity index (χ0n) is 18.7. The molecule has 1 aliphatic heterocycles. The molecule has 34 heavy (non-hydrogen) atoms. The minimum Gasteiger partial charge on any atom is -0.375 e. The number of hydrogen-bond acceptors (Lipinski definition) is 7. The molecule has 2 N–H and O–H groups in total. The fraction of sp³-hybridized carbons (Fsp3) is 0.417. The van der Waals surface area contributed by atoms with E-state index >= 15 is 0 Å². The van der Waals surface area contributed by atoms with Crippen molar-refractivity contribution in [3.63, 3.8) is 0 Å². The van der Waals surface area contributed by atoms with Crippen molar-refractivity contribution in [3.8, 4) is 22.0 Å². The van der Waals surface area contributed by atoms with Gasteiger partial charge in [0.1, 0.15) is 10.7 Å². The van der Waals surface area contributed by atoms with E-state index in [-0.39, 0.29) is 24.8 Å². The van der Waals surface area contributed by atoms with Crippen LogP contribution in [0, 0.1) is 0 Å². The van der Waals surface area contributed by atoms with Crippen LogP contribution in [0.1, 0.15) is 37.7 Å². The number of anilines is 1. The molecule has 1 aliphatic carbocycles. The number of rotatable bonds is 5. The summed E-state index contributed by atoms with van der Waals surface area (Å²) in [5.41, 5.74) is 1.15. The number of carbonyl (C=O) groups is 1. The summed E-state index contributed by atoms with van der Waals surface area (Å²) in [4.78, 5) is 27.5. The summed E-state index contributed by atoms with van der Waals surface area (Å²) in [6.45, 7) is 0.508. The van der Waals surface area contributed by atoms with E-state index in [2.05, 4.69) is 15.3 Å². The molecule has 1 amide bonds. The molecule has 10 heteroatoms. The number of alkyl halides is 2. The molecule has 178 valence electrons. The molecular weight excluding hydrogens is 460 g/mol. The maximum absolute atomic E-state index is 13.4. The fourth-order valence-corrected chi connectivity index (χ4v) is 5.30. The van der Waals surface area contributed by atoms with Gasteiger partial charge in [-0.1, -0.05) is 18.2 Å². The summed E-state index contributed by atoms with van der Waals surface area (Å²) in [7, 11) is 1.69. The summed E-state index contributed by atoms with van der Waals surface area (Å²) in [5, 5.41) is 16.8. The summed E-state index contributed by atoms with van der Waals surface area (Å²) >= 11 is 1.44. The van der Waals surface area contributed by atoms with Gasteiger partial charge >= 0.3 is 0 Å². The van der Waals surface area contributed by atoms with E-state index in [0.717, 1.165) is 10.6 Å². The van der Waals surface area contributed by atoms with Crippen LogP contribution in [0.5, 0.6) is 0 Å². The summed E-state index contributed by atoms with van der Waals surface area (Å²) in [5.74, 6) is -2.48. The maximum Gasteiger partial charge on any atom is 0.258 e. The van der Waals surface area contributed by atoms with E-state index in [1.165, 1.54) is 16.2 Å². The predicted molar refractivity (Wildman–Crippen MR) is 126 cm³/mol. The largest absolute Gasteiger partial charge is 0.375 e. The van der Waals surface area contributed by atoms with Crippen LogP contribution in [-0.2, 0) is 10.4 Å². The van der Waals surface area contributed by atoms with Crippen LogP contribution < -0.4 is 5.32 Å². The van der Waals surface area contributed by atoms with Gasteiger partial charge in [-0.15, -0.1) is 11.3 Å². The van der Waals surface area contributed by atoms with Gasteiger partial charge in [0.15, 0.2) is 5.60 Å². The Morgan fingerprint density at radius 3 is 2.68 bits per heavy atom. The molecular formula is C24H25F2N5O2S. The summed E-state index contributed by atoms with van der Waals surface area (Å²) in [6.07, 6.45) is 2.47. The standard InChI is InChI=1S/C24H25F2N5O2S/c1-31-12-10-24(33,21(31)32)16-4-2-3-15(13-16)20-29-19(14-34-20)18-7-11-27-22(30-18)28-17-5-8-23(25,26)9-6-17/h2-4,7,11,13-14,17,33H,5-6,8-10,12H2,1H3,(H,27,28,30). The average molecular weight is 486 g/mol. The van der Waals surface area contributed by atoms with Crippen molar-refractivity contribution in [3.05, 3.63) is 47.5 Å². The van der Waals surface area contributed by atoms with Crippen molar-refractivity contribution in [2.45, 2.75) is 49.7 Å². The van der Waals surface area contributed by atoms with Crippen molar-refractivity contribution in [2.24, 2.45) is 0 Å². The third-order valence-corrected chi connectivity index (χ3v) is 7.46. The maximum atomic E-state index is 13.4. The van der Waals surface area contributed by atoms with Gasteiger partial charge in [0.05, 0.1) is 5.69 Å². The quantitative estimate of drug-likeness (QED) is 0.560. The number of nitrogens with one attached hydrogen (secondary N) is 1. The Morgan fingerprint density at radius 1 is 1.15 bits per heavy atom. The normalized spacial score (nSPS) is 22.8. The molecule has 1 saturated carbocycles. The Hall–Kier alpha value is -2.98. The first-order chi connectivity index (χ1) is 16.2. The molecule has 3 aromatic rings. The number of hydrogen-bond donors (Lipinski definition) is 2. The van der Waals surface area contributed by atoms with Crippen LogP contribution in [0.15, 0.2) is 41.9 Å². The van der Waals surface area contributed by atoms with E-state index in [0.29, 0.717) is 48.7 Å². The molecule has 1 atom stereocenters. The van der Waals surface area contributed by atoms with Crippen LogP contribution in [0.2, 0.25) is 0 Å². The van der Waals surface area contributed by atoms with Gasteiger partial charge in [-0.3, -0.25) is 4.79 Å². The monoisotopic (exact) mass is 485 g/mol. The lowest BCUT2D eigenvalue weighted by molar-refractivity contribution is -0.143. The first kappa shape index (κ1) is 22.8.